The predicted molar refractivity (Wildman–Crippen MR) is 113 cm³/mol. The van der Waals surface area contributed by atoms with Gasteiger partial charge in [-0.25, -0.2) is 22.6 Å². The number of ether oxygens (including phenoxy) is 1. The molecular formula is C22H21FN2O5S. The molecule has 1 aliphatic rings. The van der Waals surface area contributed by atoms with Crippen LogP contribution in [0.15, 0.2) is 41.3 Å². The van der Waals surface area contributed by atoms with Crippen LogP contribution in [0.4, 0.5) is 4.39 Å². The summed E-state index contributed by atoms with van der Waals surface area (Å²) in [6, 6.07) is 8.71. The quantitative estimate of drug-likeness (QED) is 0.642. The number of carboxylic acid groups (broad SMARTS) is 1. The monoisotopic (exact) mass is 444 g/mol. The number of aromatic carboxylic acids is 1. The van der Waals surface area contributed by atoms with Gasteiger partial charge in [0, 0.05) is 24.5 Å². The van der Waals surface area contributed by atoms with Crippen LogP contribution >= 0.6 is 0 Å². The van der Waals surface area contributed by atoms with Gasteiger partial charge in [-0.2, -0.15) is 4.31 Å². The molecule has 0 saturated carbocycles. The second kappa shape index (κ2) is 7.90. The van der Waals surface area contributed by atoms with E-state index < -0.39 is 21.8 Å². The summed E-state index contributed by atoms with van der Waals surface area (Å²) in [5, 5.41) is 9.96. The van der Waals surface area contributed by atoms with E-state index in [2.05, 4.69) is 4.98 Å². The van der Waals surface area contributed by atoms with E-state index in [9.17, 15) is 18.3 Å². The number of hydrogen-bond donors (Lipinski definition) is 1. The highest BCUT2D eigenvalue weighted by atomic mass is 32.2. The maximum Gasteiger partial charge on any atom is 0.354 e. The fourth-order valence-corrected chi connectivity index (χ4v) is 5.45. The number of rotatable bonds is 5. The highest BCUT2D eigenvalue weighted by Crippen LogP contribution is 2.38. The van der Waals surface area contributed by atoms with Crippen LogP contribution in [0.3, 0.4) is 0 Å². The largest absolute Gasteiger partial charge is 0.496 e. The summed E-state index contributed by atoms with van der Waals surface area (Å²) >= 11 is 0. The Labute approximate surface area is 179 Å². The van der Waals surface area contributed by atoms with Gasteiger partial charge in [0.2, 0.25) is 10.0 Å². The molecule has 7 nitrogen and oxygen atoms in total. The molecule has 2 aromatic carbocycles. The van der Waals surface area contributed by atoms with Gasteiger partial charge in [0.1, 0.15) is 17.3 Å². The van der Waals surface area contributed by atoms with E-state index in [1.54, 1.807) is 18.2 Å². The van der Waals surface area contributed by atoms with Gasteiger partial charge in [0.05, 0.1) is 23.1 Å². The summed E-state index contributed by atoms with van der Waals surface area (Å²) in [5.41, 5.74) is 1.55. The minimum atomic E-state index is -3.82. The Kier molecular flexibility index (Phi) is 5.40. The Hall–Kier alpha value is -3.04. The van der Waals surface area contributed by atoms with Gasteiger partial charge < -0.3 is 9.84 Å². The average molecular weight is 444 g/mol. The van der Waals surface area contributed by atoms with Crippen molar-refractivity contribution in [1.82, 2.24) is 9.29 Å². The number of sulfonamides is 1. The standard InChI is InChI=1S/C22H21FN2O5S/c1-13-9-14(10-19-16(13)5-6-18(24-19)22(26)27)21-17(23)11-15(12-20(21)30-2)31(28,29)25-7-3-4-8-25/h5-6,9-12H,3-4,7-8H2,1-2H3,(H,26,27). The van der Waals surface area contributed by atoms with Crippen LogP contribution in [0.25, 0.3) is 22.0 Å². The number of aromatic nitrogens is 1. The van der Waals surface area contributed by atoms with Crippen molar-refractivity contribution in [3.63, 3.8) is 0 Å². The lowest BCUT2D eigenvalue weighted by Crippen LogP contribution is -2.28. The fraction of sp³-hybridized carbons (Fsp3) is 0.273. The van der Waals surface area contributed by atoms with Gasteiger partial charge in [-0.3, -0.25) is 0 Å². The second-order valence-electron chi connectivity index (χ2n) is 7.46. The van der Waals surface area contributed by atoms with Crippen LogP contribution < -0.4 is 4.74 Å². The summed E-state index contributed by atoms with van der Waals surface area (Å²) in [6.07, 6.45) is 1.55. The van der Waals surface area contributed by atoms with Crippen molar-refractivity contribution in [3.8, 4) is 16.9 Å². The molecule has 0 amide bonds. The Balaban J connectivity index is 1.88. The molecule has 9 heteroatoms. The number of fused-ring (bicyclic) bond motifs is 1. The zero-order valence-corrected chi connectivity index (χ0v) is 17.9. The molecule has 4 rings (SSSR count). The molecular weight excluding hydrogens is 423 g/mol. The van der Waals surface area contributed by atoms with Gasteiger partial charge in [-0.1, -0.05) is 12.1 Å². The zero-order chi connectivity index (χ0) is 22.3. The molecule has 1 N–H and O–H groups in total. The number of halogens is 1. The first-order chi connectivity index (χ1) is 14.7. The van der Waals surface area contributed by atoms with E-state index in [0.717, 1.165) is 29.9 Å². The lowest BCUT2D eigenvalue weighted by Gasteiger charge is -2.18. The first-order valence-electron chi connectivity index (χ1n) is 9.75. The molecule has 0 bridgehead atoms. The van der Waals surface area contributed by atoms with Gasteiger partial charge in [0.15, 0.2) is 0 Å². The molecule has 1 saturated heterocycles. The summed E-state index contributed by atoms with van der Waals surface area (Å²) < 4.78 is 47.7. The van der Waals surface area contributed by atoms with Crippen molar-refractivity contribution in [3.05, 3.63) is 53.5 Å². The third kappa shape index (κ3) is 3.75. The second-order valence-corrected chi connectivity index (χ2v) is 9.39. The number of carbonyl (C=O) groups is 1. The van der Waals surface area contributed by atoms with Crippen molar-refractivity contribution in [2.45, 2.75) is 24.7 Å². The highest BCUT2D eigenvalue weighted by molar-refractivity contribution is 7.89. The zero-order valence-electron chi connectivity index (χ0n) is 17.1. The van der Waals surface area contributed by atoms with E-state index >= 15 is 4.39 Å². The number of pyridine rings is 1. The molecule has 2 heterocycles. The van der Waals surface area contributed by atoms with Crippen molar-refractivity contribution < 1.29 is 27.4 Å². The molecule has 0 aliphatic carbocycles. The SMILES string of the molecule is COc1cc(S(=O)(=O)N2CCCC2)cc(F)c1-c1cc(C)c2ccc(C(=O)O)nc2c1. The lowest BCUT2D eigenvalue weighted by molar-refractivity contribution is 0.0691. The molecule has 1 aromatic heterocycles. The highest BCUT2D eigenvalue weighted by Gasteiger charge is 2.29. The Morgan fingerprint density at radius 3 is 2.52 bits per heavy atom. The molecule has 0 radical (unpaired) electrons. The van der Waals surface area contributed by atoms with E-state index in [0.29, 0.717) is 24.2 Å². The third-order valence-corrected chi connectivity index (χ3v) is 7.35. The summed E-state index contributed by atoms with van der Waals surface area (Å²) in [4.78, 5) is 15.3. The fourth-order valence-electron chi connectivity index (χ4n) is 3.91. The first-order valence-corrected chi connectivity index (χ1v) is 11.2. The Bertz CT molecular complexity index is 1300. The van der Waals surface area contributed by atoms with Crippen LogP contribution in [-0.4, -0.2) is 49.0 Å². The summed E-state index contributed by atoms with van der Waals surface area (Å²) in [6.45, 7) is 2.63. The lowest BCUT2D eigenvalue weighted by atomic mass is 9.98. The maximum absolute atomic E-state index is 15.3. The smallest absolute Gasteiger partial charge is 0.354 e. The van der Waals surface area contributed by atoms with Crippen LogP contribution in [0.5, 0.6) is 5.75 Å². The minimum Gasteiger partial charge on any atom is -0.496 e. The van der Waals surface area contributed by atoms with E-state index in [-0.39, 0.29) is 21.9 Å². The average Bonchev–Trinajstić information content (AvgIpc) is 3.28. The number of benzene rings is 2. The van der Waals surface area contributed by atoms with Crippen LogP contribution in [0.2, 0.25) is 0 Å². The van der Waals surface area contributed by atoms with E-state index in [1.807, 2.05) is 6.92 Å². The van der Waals surface area contributed by atoms with Crippen LogP contribution in [0, 0.1) is 12.7 Å². The maximum atomic E-state index is 15.3. The summed E-state index contributed by atoms with van der Waals surface area (Å²) in [7, 11) is -2.47. The topological polar surface area (TPSA) is 96.8 Å². The number of methoxy groups -OCH3 is 1. The first kappa shape index (κ1) is 21.2. The number of aryl methyl sites for hydroxylation is 1. The molecule has 3 aromatic rings. The summed E-state index contributed by atoms with van der Waals surface area (Å²) in [5.74, 6) is -1.83. The van der Waals surface area contributed by atoms with Gasteiger partial charge >= 0.3 is 5.97 Å². The van der Waals surface area contributed by atoms with E-state index in [1.165, 1.54) is 23.5 Å². The normalized spacial score (nSPS) is 14.8. The Morgan fingerprint density at radius 1 is 1.16 bits per heavy atom. The van der Waals surface area contributed by atoms with E-state index in [4.69, 9.17) is 4.74 Å². The molecule has 0 atom stereocenters. The molecule has 1 fully saturated rings. The number of hydrogen-bond acceptors (Lipinski definition) is 5. The van der Waals surface area contributed by atoms with Crippen LogP contribution in [0.1, 0.15) is 28.9 Å². The molecule has 162 valence electrons. The van der Waals surface area contributed by atoms with Crippen molar-refractivity contribution >= 4 is 26.9 Å². The van der Waals surface area contributed by atoms with Crippen LogP contribution in [-0.2, 0) is 10.0 Å². The number of nitrogens with zero attached hydrogens (tertiary/aromatic N) is 2. The molecule has 0 spiro atoms. The Morgan fingerprint density at radius 2 is 1.87 bits per heavy atom. The third-order valence-electron chi connectivity index (χ3n) is 5.47. The van der Waals surface area contributed by atoms with Crippen molar-refractivity contribution in [1.29, 1.82) is 0 Å². The van der Waals surface area contributed by atoms with Gasteiger partial charge in [-0.05, 0) is 49.1 Å². The number of carboxylic acids is 1. The van der Waals surface area contributed by atoms with Crippen molar-refractivity contribution in [2.24, 2.45) is 0 Å². The molecule has 31 heavy (non-hydrogen) atoms. The molecule has 1 aliphatic heterocycles. The minimum absolute atomic E-state index is 0.0749. The molecule has 0 unspecified atom stereocenters. The van der Waals surface area contributed by atoms with Gasteiger partial charge in [0.25, 0.3) is 0 Å². The van der Waals surface area contributed by atoms with Crippen molar-refractivity contribution in [2.75, 3.05) is 20.2 Å². The predicted octanol–water partition coefficient (Wildman–Crippen LogP) is 3.84. The van der Waals surface area contributed by atoms with Gasteiger partial charge in [-0.15, -0.1) is 0 Å².